The third kappa shape index (κ3) is 7.21. The Kier molecular flexibility index (Phi) is 8.74. The number of nitrogen functional groups attached to an aromatic ring is 1. The molecule has 1 aromatic heterocycles. The predicted molar refractivity (Wildman–Crippen MR) is 146 cm³/mol. The van der Waals surface area contributed by atoms with Crippen molar-refractivity contribution in [1.29, 1.82) is 0 Å². The van der Waals surface area contributed by atoms with Gasteiger partial charge in [0.05, 0.1) is 16.9 Å². The van der Waals surface area contributed by atoms with E-state index in [0.717, 1.165) is 27.6 Å². The normalized spacial score (nSPS) is 10.9. The van der Waals surface area contributed by atoms with E-state index in [9.17, 15) is 14.9 Å². The summed E-state index contributed by atoms with van der Waals surface area (Å²) in [6.07, 6.45) is 1.56. The first-order valence-electron chi connectivity index (χ1n) is 11.0. The number of hydrogen-bond acceptors (Lipinski definition) is 10. The number of thioether (sulfide) groups is 1. The van der Waals surface area contributed by atoms with Gasteiger partial charge in [-0.05, 0) is 35.9 Å². The van der Waals surface area contributed by atoms with Gasteiger partial charge in [0, 0.05) is 28.4 Å². The van der Waals surface area contributed by atoms with Crippen LogP contribution in [0.5, 0.6) is 5.75 Å². The van der Waals surface area contributed by atoms with Crippen LogP contribution in [-0.4, -0.2) is 37.7 Å². The van der Waals surface area contributed by atoms with Gasteiger partial charge in [-0.15, -0.1) is 10.2 Å². The number of ether oxygens (including phenoxy) is 1. The Bertz CT molecular complexity index is 1460. The molecule has 0 aliphatic carbocycles. The third-order valence-electron chi connectivity index (χ3n) is 4.93. The summed E-state index contributed by atoms with van der Waals surface area (Å²) in [5.41, 5.74) is 4.61. The molecule has 1 heterocycles. The van der Waals surface area contributed by atoms with E-state index < -0.39 is 4.92 Å². The van der Waals surface area contributed by atoms with Crippen LogP contribution in [0.25, 0.3) is 0 Å². The minimum absolute atomic E-state index is 0.0420. The Balaban J connectivity index is 1.31. The van der Waals surface area contributed by atoms with Crippen LogP contribution in [0.4, 0.5) is 17.3 Å². The topological polar surface area (TPSA) is 163 Å². The molecule has 0 atom stereocenters. The first-order valence-corrected chi connectivity index (χ1v) is 12.4. The molecule has 0 saturated carbocycles. The second-order valence-corrected chi connectivity index (χ2v) is 9.02. The number of anilines is 2. The number of carbonyl (C=O) groups is 1. The molecule has 4 N–H and O–H groups in total. The Morgan fingerprint density at radius 1 is 1.16 bits per heavy atom. The molecule has 12 nitrogen and oxygen atoms in total. The van der Waals surface area contributed by atoms with E-state index in [2.05, 4.69) is 26.0 Å². The zero-order valence-electron chi connectivity index (χ0n) is 19.7. The molecule has 4 aromatic rings. The minimum atomic E-state index is -0.536. The van der Waals surface area contributed by atoms with Crippen LogP contribution >= 0.6 is 23.4 Å². The monoisotopic (exact) mass is 552 g/mol. The molecule has 194 valence electrons. The number of hydrazone groups is 1. The Labute approximate surface area is 226 Å². The predicted octanol–water partition coefficient (Wildman–Crippen LogP) is 4.31. The fourth-order valence-corrected chi connectivity index (χ4v) is 3.88. The summed E-state index contributed by atoms with van der Waals surface area (Å²) in [4.78, 5) is 22.6. The number of hydrogen-bond donors (Lipinski definition) is 3. The largest absolute Gasteiger partial charge is 0.488 e. The number of nitrogens with one attached hydrogen (secondary N) is 2. The Hall–Kier alpha value is -4.62. The number of benzene rings is 3. The zero-order valence-corrected chi connectivity index (χ0v) is 21.2. The minimum Gasteiger partial charge on any atom is -0.488 e. The fourth-order valence-electron chi connectivity index (χ4n) is 3.10. The highest BCUT2D eigenvalue weighted by molar-refractivity contribution is 7.99. The van der Waals surface area contributed by atoms with Crippen molar-refractivity contribution in [3.05, 3.63) is 99.1 Å². The van der Waals surface area contributed by atoms with E-state index in [1.54, 1.807) is 24.4 Å². The van der Waals surface area contributed by atoms with Crippen molar-refractivity contribution in [2.75, 3.05) is 22.3 Å². The van der Waals surface area contributed by atoms with E-state index in [1.807, 2.05) is 36.4 Å². The summed E-state index contributed by atoms with van der Waals surface area (Å²) in [7, 11) is 0. The number of amides is 1. The van der Waals surface area contributed by atoms with Crippen LogP contribution in [0.2, 0.25) is 5.02 Å². The molecule has 0 radical (unpaired) electrons. The van der Waals surface area contributed by atoms with Gasteiger partial charge in [-0.3, -0.25) is 14.9 Å². The van der Waals surface area contributed by atoms with Gasteiger partial charge in [0.1, 0.15) is 12.4 Å². The first-order chi connectivity index (χ1) is 18.4. The molecule has 4 rings (SSSR count). The number of nitrogens with zero attached hydrogens (tertiary/aromatic N) is 5. The number of nitro benzene ring substituents is 1. The molecule has 14 heteroatoms. The van der Waals surface area contributed by atoms with Gasteiger partial charge in [-0.1, -0.05) is 53.7 Å². The summed E-state index contributed by atoms with van der Waals surface area (Å²) < 4.78 is 7.07. The second-order valence-electron chi connectivity index (χ2n) is 7.64. The standard InChI is InChI=1S/C24H21ClN8O4S/c25-18-10-8-16(9-11-18)14-37-21-7-2-1-4-17(21)13-27-29-23-30-31-24(32(23)26)38-15-22(34)28-19-5-3-6-20(12-19)33(35)36/h1-13H,14-15,26H2,(H,28,34)(H,29,30)/b27-13+. The van der Waals surface area contributed by atoms with Crippen molar-refractivity contribution < 1.29 is 14.5 Å². The van der Waals surface area contributed by atoms with Crippen LogP contribution in [-0.2, 0) is 11.4 Å². The average Bonchev–Trinajstić information content (AvgIpc) is 3.27. The Morgan fingerprint density at radius 2 is 1.95 bits per heavy atom. The number of carbonyl (C=O) groups excluding carboxylic acids is 1. The van der Waals surface area contributed by atoms with Crippen molar-refractivity contribution in [2.45, 2.75) is 11.8 Å². The molecule has 1 amide bonds. The summed E-state index contributed by atoms with van der Waals surface area (Å²) in [5.74, 6) is 6.38. The van der Waals surface area contributed by atoms with Gasteiger partial charge in [-0.2, -0.15) is 5.10 Å². The number of para-hydroxylation sites is 1. The van der Waals surface area contributed by atoms with Crippen LogP contribution in [0, 0.1) is 10.1 Å². The smallest absolute Gasteiger partial charge is 0.271 e. The van der Waals surface area contributed by atoms with Crippen LogP contribution < -0.4 is 21.3 Å². The van der Waals surface area contributed by atoms with E-state index in [0.29, 0.717) is 23.1 Å². The lowest BCUT2D eigenvalue weighted by Gasteiger charge is -2.09. The summed E-state index contributed by atoms with van der Waals surface area (Å²) >= 11 is 6.97. The fraction of sp³-hybridized carbons (Fsp3) is 0.0833. The third-order valence-corrected chi connectivity index (χ3v) is 6.13. The van der Waals surface area contributed by atoms with Gasteiger partial charge < -0.3 is 15.9 Å². The average molecular weight is 553 g/mol. The van der Waals surface area contributed by atoms with E-state index >= 15 is 0 Å². The molecule has 0 saturated heterocycles. The molecule has 0 bridgehead atoms. The van der Waals surface area contributed by atoms with E-state index in [4.69, 9.17) is 22.2 Å². The maximum absolute atomic E-state index is 12.2. The molecular formula is C24H21ClN8O4S. The van der Waals surface area contributed by atoms with Gasteiger partial charge in [0.2, 0.25) is 11.1 Å². The highest BCUT2D eigenvalue weighted by Gasteiger charge is 2.13. The summed E-state index contributed by atoms with van der Waals surface area (Å²) in [6.45, 7) is 0.363. The number of non-ortho nitro benzene ring substituents is 1. The quantitative estimate of drug-likeness (QED) is 0.0808. The first kappa shape index (κ1) is 26.4. The lowest BCUT2D eigenvalue weighted by Crippen LogP contribution is -2.17. The molecular weight excluding hydrogens is 532 g/mol. The molecule has 3 aromatic carbocycles. The summed E-state index contributed by atoms with van der Waals surface area (Å²) in [5, 5.41) is 26.5. The van der Waals surface area contributed by atoms with Crippen molar-refractivity contribution in [3.8, 4) is 5.75 Å². The highest BCUT2D eigenvalue weighted by Crippen LogP contribution is 2.21. The molecule has 38 heavy (non-hydrogen) atoms. The number of halogens is 1. The van der Waals surface area contributed by atoms with E-state index in [-0.39, 0.29) is 28.5 Å². The SMILES string of the molecule is Nn1c(N/N=C/c2ccccc2OCc2ccc(Cl)cc2)nnc1SCC(=O)Nc1cccc([N+](=O)[O-])c1. The van der Waals surface area contributed by atoms with Crippen molar-refractivity contribution in [2.24, 2.45) is 5.10 Å². The number of nitrogens with two attached hydrogens (primary N) is 1. The van der Waals surface area contributed by atoms with E-state index in [1.165, 1.54) is 18.2 Å². The molecule has 0 spiro atoms. The maximum Gasteiger partial charge on any atom is 0.271 e. The summed E-state index contributed by atoms with van der Waals surface area (Å²) in [6, 6.07) is 20.4. The number of nitro groups is 1. The highest BCUT2D eigenvalue weighted by atomic mass is 35.5. The molecule has 0 aliphatic heterocycles. The van der Waals surface area contributed by atoms with Crippen molar-refractivity contribution >= 4 is 52.8 Å². The van der Waals surface area contributed by atoms with Gasteiger partial charge in [0.25, 0.3) is 11.6 Å². The zero-order chi connectivity index (χ0) is 26.9. The van der Waals surface area contributed by atoms with Gasteiger partial charge >= 0.3 is 0 Å². The van der Waals surface area contributed by atoms with Crippen LogP contribution in [0.1, 0.15) is 11.1 Å². The lowest BCUT2D eigenvalue weighted by molar-refractivity contribution is -0.384. The number of aromatic nitrogens is 3. The van der Waals surface area contributed by atoms with Crippen LogP contribution in [0.3, 0.4) is 0 Å². The molecule has 0 aliphatic rings. The number of rotatable bonds is 11. The van der Waals surface area contributed by atoms with Gasteiger partial charge in [-0.25, -0.2) is 10.1 Å². The molecule has 0 fully saturated rings. The van der Waals surface area contributed by atoms with Crippen molar-refractivity contribution in [1.82, 2.24) is 14.9 Å². The maximum atomic E-state index is 12.2. The lowest BCUT2D eigenvalue weighted by atomic mass is 10.2. The van der Waals surface area contributed by atoms with Crippen LogP contribution in [0.15, 0.2) is 83.1 Å². The second kappa shape index (κ2) is 12.6. The Morgan fingerprint density at radius 3 is 2.74 bits per heavy atom. The van der Waals surface area contributed by atoms with Gasteiger partial charge in [0.15, 0.2) is 0 Å². The van der Waals surface area contributed by atoms with Crippen molar-refractivity contribution in [3.63, 3.8) is 0 Å². The molecule has 0 unspecified atom stereocenters.